The predicted molar refractivity (Wildman–Crippen MR) is 87.8 cm³/mol. The Balaban J connectivity index is 1.89. The van der Waals surface area contributed by atoms with Crippen molar-refractivity contribution in [1.82, 2.24) is 9.62 Å². The second-order valence-electron chi connectivity index (χ2n) is 5.87. The van der Waals surface area contributed by atoms with Crippen LogP contribution in [0.15, 0.2) is 24.3 Å². The van der Waals surface area contributed by atoms with Gasteiger partial charge in [-0.3, -0.25) is 4.79 Å². The van der Waals surface area contributed by atoms with Gasteiger partial charge < -0.3 is 10.2 Å². The molecule has 1 heterocycles. The van der Waals surface area contributed by atoms with Gasteiger partial charge in [0.05, 0.1) is 0 Å². The van der Waals surface area contributed by atoms with E-state index in [1.807, 2.05) is 36.1 Å². The maximum Gasteiger partial charge on any atom is 0.405 e. The fourth-order valence-electron chi connectivity index (χ4n) is 2.56. The molecule has 0 aliphatic carbocycles. The van der Waals surface area contributed by atoms with E-state index in [1.165, 1.54) is 0 Å². The standard InChI is InChI=1S/C15H20F3N3O3S/c1-12-3-2-4-13(9-12)20-5-7-21(8-6-20)25(23,24)10-14(22)19-11-15(16,17)18/h2-4,9H,5-8,10-11H2,1H3,(H,19,22). The van der Waals surface area contributed by atoms with Crippen molar-refractivity contribution in [2.24, 2.45) is 0 Å². The zero-order valence-corrected chi connectivity index (χ0v) is 14.5. The summed E-state index contributed by atoms with van der Waals surface area (Å²) in [5, 5.41) is 1.58. The minimum absolute atomic E-state index is 0.183. The molecule has 140 valence electrons. The van der Waals surface area contributed by atoms with Gasteiger partial charge in [-0.2, -0.15) is 17.5 Å². The van der Waals surface area contributed by atoms with Crippen LogP contribution in [0.1, 0.15) is 5.56 Å². The van der Waals surface area contributed by atoms with Crippen molar-refractivity contribution >= 4 is 21.6 Å². The monoisotopic (exact) mass is 379 g/mol. The number of alkyl halides is 3. The SMILES string of the molecule is Cc1cccc(N2CCN(S(=O)(=O)CC(=O)NCC(F)(F)F)CC2)c1. The number of piperazine rings is 1. The highest BCUT2D eigenvalue weighted by Gasteiger charge is 2.31. The average Bonchev–Trinajstić information content (AvgIpc) is 2.52. The number of hydrogen-bond acceptors (Lipinski definition) is 4. The molecule has 0 bridgehead atoms. The van der Waals surface area contributed by atoms with Gasteiger partial charge in [0.25, 0.3) is 0 Å². The number of carbonyl (C=O) groups is 1. The lowest BCUT2D eigenvalue weighted by Crippen LogP contribution is -2.51. The summed E-state index contributed by atoms with van der Waals surface area (Å²) < 4.78 is 61.7. The molecule has 25 heavy (non-hydrogen) atoms. The van der Waals surface area contributed by atoms with E-state index in [1.54, 1.807) is 5.32 Å². The molecule has 1 aromatic rings. The first-order valence-corrected chi connectivity index (χ1v) is 9.31. The molecule has 1 amide bonds. The summed E-state index contributed by atoms with van der Waals surface area (Å²) in [5.74, 6) is -2.13. The van der Waals surface area contributed by atoms with Crippen LogP contribution >= 0.6 is 0 Å². The van der Waals surface area contributed by atoms with Gasteiger partial charge in [0, 0.05) is 31.9 Å². The fraction of sp³-hybridized carbons (Fsp3) is 0.533. The van der Waals surface area contributed by atoms with Crippen LogP contribution in [-0.2, 0) is 14.8 Å². The van der Waals surface area contributed by atoms with Gasteiger partial charge in [-0.05, 0) is 24.6 Å². The van der Waals surface area contributed by atoms with E-state index in [-0.39, 0.29) is 13.1 Å². The highest BCUT2D eigenvalue weighted by atomic mass is 32.2. The maximum absolute atomic E-state index is 12.2. The first kappa shape index (κ1) is 19.5. The number of benzene rings is 1. The molecule has 0 radical (unpaired) electrons. The summed E-state index contributed by atoms with van der Waals surface area (Å²) in [7, 11) is -3.94. The van der Waals surface area contributed by atoms with Crippen LogP contribution in [0.25, 0.3) is 0 Å². The first-order valence-electron chi connectivity index (χ1n) is 7.70. The Morgan fingerprint density at radius 2 is 1.84 bits per heavy atom. The second-order valence-corrected chi connectivity index (χ2v) is 7.84. The van der Waals surface area contributed by atoms with Crippen LogP contribution in [0.2, 0.25) is 0 Å². The third-order valence-electron chi connectivity index (χ3n) is 3.80. The van der Waals surface area contributed by atoms with Gasteiger partial charge in [-0.15, -0.1) is 0 Å². The van der Waals surface area contributed by atoms with Crippen LogP contribution in [0.5, 0.6) is 0 Å². The van der Waals surface area contributed by atoms with Crippen molar-refractivity contribution < 1.29 is 26.4 Å². The van der Waals surface area contributed by atoms with Crippen molar-refractivity contribution in [2.45, 2.75) is 13.1 Å². The minimum atomic E-state index is -4.57. The van der Waals surface area contributed by atoms with Crippen LogP contribution in [0, 0.1) is 6.92 Å². The van der Waals surface area contributed by atoms with E-state index in [4.69, 9.17) is 0 Å². The number of hydrogen-bond donors (Lipinski definition) is 1. The Kier molecular flexibility index (Phi) is 5.94. The molecule has 1 aromatic carbocycles. The molecule has 0 aromatic heterocycles. The summed E-state index contributed by atoms with van der Waals surface area (Å²) >= 11 is 0. The molecule has 1 aliphatic heterocycles. The molecule has 1 N–H and O–H groups in total. The molecular weight excluding hydrogens is 359 g/mol. The highest BCUT2D eigenvalue weighted by molar-refractivity contribution is 7.89. The van der Waals surface area contributed by atoms with E-state index in [9.17, 15) is 26.4 Å². The molecule has 0 saturated carbocycles. The summed E-state index contributed by atoms with van der Waals surface area (Å²) in [6.07, 6.45) is -4.57. The lowest BCUT2D eigenvalue weighted by Gasteiger charge is -2.35. The Morgan fingerprint density at radius 1 is 1.20 bits per heavy atom. The van der Waals surface area contributed by atoms with Crippen molar-refractivity contribution in [2.75, 3.05) is 43.4 Å². The van der Waals surface area contributed by atoms with Gasteiger partial charge in [0.1, 0.15) is 12.3 Å². The zero-order valence-electron chi connectivity index (χ0n) is 13.7. The molecule has 1 fully saturated rings. The second kappa shape index (κ2) is 7.61. The number of rotatable bonds is 5. The minimum Gasteiger partial charge on any atom is -0.369 e. The molecule has 1 saturated heterocycles. The van der Waals surface area contributed by atoms with Gasteiger partial charge in [-0.25, -0.2) is 8.42 Å². The third-order valence-corrected chi connectivity index (χ3v) is 5.58. The lowest BCUT2D eigenvalue weighted by atomic mass is 10.2. The van der Waals surface area contributed by atoms with Crippen LogP contribution in [0.4, 0.5) is 18.9 Å². The van der Waals surface area contributed by atoms with Crippen LogP contribution < -0.4 is 10.2 Å². The molecule has 10 heteroatoms. The number of carbonyl (C=O) groups excluding carboxylic acids is 1. The molecule has 0 spiro atoms. The maximum atomic E-state index is 12.2. The lowest BCUT2D eigenvalue weighted by molar-refractivity contribution is -0.137. The summed E-state index contributed by atoms with van der Waals surface area (Å²) in [6.45, 7) is 1.69. The average molecular weight is 379 g/mol. The normalized spacial score (nSPS) is 16.7. The van der Waals surface area contributed by atoms with Crippen LogP contribution in [0.3, 0.4) is 0 Å². The fourth-order valence-corrected chi connectivity index (χ4v) is 3.89. The molecular formula is C15H20F3N3O3S. The summed E-state index contributed by atoms with van der Waals surface area (Å²) in [5.41, 5.74) is 2.08. The van der Waals surface area contributed by atoms with E-state index < -0.39 is 34.4 Å². The smallest absolute Gasteiger partial charge is 0.369 e. The van der Waals surface area contributed by atoms with Gasteiger partial charge in [0.2, 0.25) is 15.9 Å². The number of nitrogens with one attached hydrogen (secondary N) is 1. The highest BCUT2D eigenvalue weighted by Crippen LogP contribution is 2.19. The Bertz CT molecular complexity index is 714. The van der Waals surface area contributed by atoms with Crippen molar-refractivity contribution in [3.63, 3.8) is 0 Å². The molecule has 0 atom stereocenters. The first-order chi connectivity index (χ1) is 11.6. The van der Waals surface area contributed by atoms with E-state index in [0.29, 0.717) is 13.1 Å². The Hall–Kier alpha value is -1.81. The van der Waals surface area contributed by atoms with E-state index in [2.05, 4.69) is 0 Å². The van der Waals surface area contributed by atoms with Crippen LogP contribution in [-0.4, -0.2) is 63.3 Å². The number of sulfonamides is 1. The Morgan fingerprint density at radius 3 is 2.40 bits per heavy atom. The van der Waals surface area contributed by atoms with Crippen molar-refractivity contribution in [3.05, 3.63) is 29.8 Å². The topological polar surface area (TPSA) is 69.7 Å². The molecule has 0 unspecified atom stereocenters. The number of amides is 1. The largest absolute Gasteiger partial charge is 0.405 e. The molecule has 6 nitrogen and oxygen atoms in total. The van der Waals surface area contributed by atoms with Crippen molar-refractivity contribution in [1.29, 1.82) is 0 Å². The van der Waals surface area contributed by atoms with E-state index >= 15 is 0 Å². The van der Waals surface area contributed by atoms with Gasteiger partial charge in [0.15, 0.2) is 0 Å². The van der Waals surface area contributed by atoms with Gasteiger partial charge in [-0.1, -0.05) is 12.1 Å². The zero-order chi connectivity index (χ0) is 18.7. The number of nitrogens with zero attached hydrogens (tertiary/aromatic N) is 2. The number of halogens is 3. The number of anilines is 1. The van der Waals surface area contributed by atoms with E-state index in [0.717, 1.165) is 15.6 Å². The third kappa shape index (κ3) is 5.89. The molecule has 2 rings (SSSR count). The van der Waals surface area contributed by atoms with Crippen molar-refractivity contribution in [3.8, 4) is 0 Å². The molecule has 1 aliphatic rings. The van der Waals surface area contributed by atoms with Gasteiger partial charge >= 0.3 is 6.18 Å². The summed E-state index contributed by atoms with van der Waals surface area (Å²) in [6, 6.07) is 7.80. The Labute approximate surface area is 144 Å². The summed E-state index contributed by atoms with van der Waals surface area (Å²) in [4.78, 5) is 13.5. The predicted octanol–water partition coefficient (Wildman–Crippen LogP) is 1.13. The quantitative estimate of drug-likeness (QED) is 0.833. The number of aryl methyl sites for hydroxylation is 1.